The molecule has 3 nitrogen and oxygen atoms in total. The molecule has 5 heteroatoms. The van der Waals surface area contributed by atoms with Crippen LogP contribution in [0, 0.1) is 0 Å². The van der Waals surface area contributed by atoms with Crippen molar-refractivity contribution in [2.24, 2.45) is 0 Å². The molecule has 5 rings (SSSR count). The van der Waals surface area contributed by atoms with Crippen LogP contribution in [0.25, 0.3) is 33.3 Å². The lowest BCUT2D eigenvalue weighted by Gasteiger charge is -2.19. The molecule has 0 unspecified atom stereocenters. The van der Waals surface area contributed by atoms with Crippen LogP contribution in [0.3, 0.4) is 0 Å². The maximum absolute atomic E-state index is 6.50. The molecule has 0 fully saturated rings. The Labute approximate surface area is 172 Å². The maximum Gasteiger partial charge on any atom is 0.162 e. The van der Waals surface area contributed by atoms with Crippen molar-refractivity contribution < 1.29 is 9.47 Å². The highest BCUT2D eigenvalue weighted by Crippen LogP contribution is 2.39. The van der Waals surface area contributed by atoms with Gasteiger partial charge in [-0.3, -0.25) is 0 Å². The molecule has 0 N–H and O–H groups in total. The maximum atomic E-state index is 6.50. The van der Waals surface area contributed by atoms with Crippen LogP contribution in [0.5, 0.6) is 11.5 Å². The topological polar surface area (TPSA) is 31.4 Å². The van der Waals surface area contributed by atoms with E-state index in [1.807, 2.05) is 66.7 Å². The standard InChI is InChI=1S/C23H15Cl2NO2/c24-15-6-7-20-18(12-15)17(16-3-1-2-4-19(16)25)13-21(26-20)14-5-8-22-23(11-14)28-10-9-27-22/h1-8,11-13H,9-10H2. The van der Waals surface area contributed by atoms with Crippen molar-refractivity contribution in [1.29, 1.82) is 0 Å². The number of hydrogen-bond donors (Lipinski definition) is 0. The van der Waals surface area contributed by atoms with Crippen LogP contribution in [0.1, 0.15) is 0 Å². The highest BCUT2D eigenvalue weighted by atomic mass is 35.5. The molecule has 0 amide bonds. The van der Waals surface area contributed by atoms with Gasteiger partial charge in [0, 0.05) is 26.6 Å². The Bertz CT molecular complexity index is 1210. The summed E-state index contributed by atoms with van der Waals surface area (Å²) >= 11 is 12.8. The highest BCUT2D eigenvalue weighted by molar-refractivity contribution is 6.34. The van der Waals surface area contributed by atoms with Crippen molar-refractivity contribution in [3.8, 4) is 33.9 Å². The Balaban J connectivity index is 1.75. The van der Waals surface area contributed by atoms with E-state index in [4.69, 9.17) is 37.7 Å². The monoisotopic (exact) mass is 407 g/mol. The average Bonchev–Trinajstić information content (AvgIpc) is 2.73. The largest absolute Gasteiger partial charge is 0.486 e. The number of rotatable bonds is 2. The van der Waals surface area contributed by atoms with Crippen LogP contribution in [0.4, 0.5) is 0 Å². The molecule has 1 aromatic heterocycles. The molecule has 0 radical (unpaired) electrons. The minimum Gasteiger partial charge on any atom is -0.486 e. The molecule has 4 aromatic rings. The first-order valence-electron chi connectivity index (χ1n) is 8.94. The van der Waals surface area contributed by atoms with Gasteiger partial charge >= 0.3 is 0 Å². The summed E-state index contributed by atoms with van der Waals surface area (Å²) in [6, 6.07) is 21.4. The van der Waals surface area contributed by atoms with Gasteiger partial charge in [0.1, 0.15) is 13.2 Å². The van der Waals surface area contributed by atoms with Gasteiger partial charge in [-0.2, -0.15) is 0 Å². The van der Waals surface area contributed by atoms with E-state index in [-0.39, 0.29) is 0 Å². The molecule has 138 valence electrons. The van der Waals surface area contributed by atoms with Gasteiger partial charge in [-0.05, 0) is 54.1 Å². The van der Waals surface area contributed by atoms with Crippen molar-refractivity contribution in [3.05, 3.63) is 76.8 Å². The molecule has 28 heavy (non-hydrogen) atoms. The lowest BCUT2D eigenvalue weighted by Crippen LogP contribution is -2.15. The molecule has 0 aliphatic carbocycles. The van der Waals surface area contributed by atoms with Crippen molar-refractivity contribution in [2.75, 3.05) is 13.2 Å². The number of fused-ring (bicyclic) bond motifs is 2. The SMILES string of the molecule is Clc1ccc2nc(-c3ccc4c(c3)OCCO4)cc(-c3ccccc3Cl)c2c1. The summed E-state index contributed by atoms with van der Waals surface area (Å²) in [4.78, 5) is 4.85. The fourth-order valence-corrected chi connectivity index (χ4v) is 3.86. The molecule has 1 aliphatic rings. The van der Waals surface area contributed by atoms with Gasteiger partial charge in [0.2, 0.25) is 0 Å². The quantitative estimate of drug-likeness (QED) is 0.372. The number of hydrogen-bond acceptors (Lipinski definition) is 3. The van der Waals surface area contributed by atoms with Gasteiger partial charge in [0.25, 0.3) is 0 Å². The van der Waals surface area contributed by atoms with E-state index in [9.17, 15) is 0 Å². The second-order valence-corrected chi connectivity index (χ2v) is 7.40. The van der Waals surface area contributed by atoms with E-state index < -0.39 is 0 Å². The van der Waals surface area contributed by atoms with Gasteiger partial charge in [-0.25, -0.2) is 4.98 Å². The Kier molecular flexibility index (Phi) is 4.34. The summed E-state index contributed by atoms with van der Waals surface area (Å²) in [5.41, 5.74) is 4.57. The smallest absolute Gasteiger partial charge is 0.162 e. The second-order valence-electron chi connectivity index (χ2n) is 6.55. The molecule has 1 aliphatic heterocycles. The van der Waals surface area contributed by atoms with Crippen molar-refractivity contribution in [2.45, 2.75) is 0 Å². The van der Waals surface area contributed by atoms with Gasteiger partial charge in [0.15, 0.2) is 11.5 Å². The predicted molar refractivity (Wildman–Crippen MR) is 114 cm³/mol. The molecule has 2 heterocycles. The van der Waals surface area contributed by atoms with E-state index in [0.29, 0.717) is 23.3 Å². The van der Waals surface area contributed by atoms with Crippen molar-refractivity contribution >= 4 is 34.1 Å². The third kappa shape index (κ3) is 3.07. The van der Waals surface area contributed by atoms with Crippen molar-refractivity contribution in [1.82, 2.24) is 4.98 Å². The molecule has 0 atom stereocenters. The van der Waals surface area contributed by atoms with Gasteiger partial charge in [0.05, 0.1) is 11.2 Å². The number of ether oxygens (including phenoxy) is 2. The molecule has 0 saturated heterocycles. The summed E-state index contributed by atoms with van der Waals surface area (Å²) in [5, 5.41) is 2.31. The van der Waals surface area contributed by atoms with Gasteiger partial charge < -0.3 is 9.47 Å². The number of nitrogens with zero attached hydrogens (tertiary/aromatic N) is 1. The number of halogens is 2. The third-order valence-electron chi connectivity index (χ3n) is 4.77. The number of pyridine rings is 1. The van der Waals surface area contributed by atoms with E-state index in [2.05, 4.69) is 0 Å². The Hall–Kier alpha value is -2.75. The van der Waals surface area contributed by atoms with Gasteiger partial charge in [-0.1, -0.05) is 41.4 Å². The molecule has 3 aromatic carbocycles. The van der Waals surface area contributed by atoms with Crippen LogP contribution in [0.2, 0.25) is 10.0 Å². The first-order chi connectivity index (χ1) is 13.7. The van der Waals surface area contributed by atoms with E-state index in [1.165, 1.54) is 0 Å². The fraction of sp³-hybridized carbons (Fsp3) is 0.0870. The Morgan fingerprint density at radius 2 is 1.57 bits per heavy atom. The molecular weight excluding hydrogens is 393 g/mol. The normalized spacial score (nSPS) is 12.9. The first-order valence-corrected chi connectivity index (χ1v) is 9.70. The summed E-state index contributed by atoms with van der Waals surface area (Å²) in [6.07, 6.45) is 0. The number of benzene rings is 3. The second kappa shape index (κ2) is 7.01. The van der Waals surface area contributed by atoms with Crippen LogP contribution in [-0.4, -0.2) is 18.2 Å². The average molecular weight is 408 g/mol. The minimum atomic E-state index is 0.547. The Morgan fingerprint density at radius 3 is 2.43 bits per heavy atom. The zero-order chi connectivity index (χ0) is 19.1. The highest BCUT2D eigenvalue weighted by Gasteiger charge is 2.16. The first kappa shape index (κ1) is 17.4. The van der Waals surface area contributed by atoms with E-state index in [0.717, 1.165) is 44.8 Å². The Morgan fingerprint density at radius 1 is 0.750 bits per heavy atom. The fourth-order valence-electron chi connectivity index (χ4n) is 3.45. The summed E-state index contributed by atoms with van der Waals surface area (Å²) in [7, 11) is 0. The molecular formula is C23H15Cl2NO2. The molecule has 0 saturated carbocycles. The van der Waals surface area contributed by atoms with E-state index >= 15 is 0 Å². The van der Waals surface area contributed by atoms with E-state index in [1.54, 1.807) is 0 Å². The summed E-state index contributed by atoms with van der Waals surface area (Å²) < 4.78 is 11.4. The summed E-state index contributed by atoms with van der Waals surface area (Å²) in [5.74, 6) is 1.50. The summed E-state index contributed by atoms with van der Waals surface area (Å²) in [6.45, 7) is 1.11. The number of aromatic nitrogens is 1. The van der Waals surface area contributed by atoms with Crippen LogP contribution < -0.4 is 9.47 Å². The third-order valence-corrected chi connectivity index (χ3v) is 5.34. The van der Waals surface area contributed by atoms with Gasteiger partial charge in [-0.15, -0.1) is 0 Å². The lowest BCUT2D eigenvalue weighted by molar-refractivity contribution is 0.171. The molecule has 0 bridgehead atoms. The zero-order valence-corrected chi connectivity index (χ0v) is 16.3. The van der Waals surface area contributed by atoms with Crippen LogP contribution in [0.15, 0.2) is 66.7 Å². The molecule has 0 spiro atoms. The lowest BCUT2D eigenvalue weighted by atomic mass is 9.98. The van der Waals surface area contributed by atoms with Crippen LogP contribution >= 0.6 is 23.2 Å². The van der Waals surface area contributed by atoms with Crippen molar-refractivity contribution in [3.63, 3.8) is 0 Å². The minimum absolute atomic E-state index is 0.547. The predicted octanol–water partition coefficient (Wildman–Crippen LogP) is 6.65. The van der Waals surface area contributed by atoms with Crippen LogP contribution in [-0.2, 0) is 0 Å². The zero-order valence-electron chi connectivity index (χ0n) is 14.8.